The number of unbranched alkanes of at least 4 members (excludes halogenated alkanes) is 14. The summed E-state index contributed by atoms with van der Waals surface area (Å²) in [6.07, 6.45) is 24.9. The molecule has 6 nitrogen and oxygen atoms in total. The normalized spacial score (nSPS) is 22.8. The highest BCUT2D eigenvalue weighted by molar-refractivity contribution is 5.81. The van der Waals surface area contributed by atoms with E-state index >= 15 is 0 Å². The number of hydrogen-bond donors (Lipinski definition) is 1. The van der Waals surface area contributed by atoms with E-state index in [1.165, 1.54) is 120 Å². The van der Waals surface area contributed by atoms with Crippen LogP contribution in [-0.4, -0.2) is 31.0 Å². The second kappa shape index (κ2) is 18.9. The third-order valence-electron chi connectivity index (χ3n) is 10.8. The van der Waals surface area contributed by atoms with Gasteiger partial charge in [0.15, 0.2) is 0 Å². The third-order valence-corrected chi connectivity index (χ3v) is 10.8. The molecule has 2 aliphatic carbocycles. The molecule has 1 saturated heterocycles. The predicted molar refractivity (Wildman–Crippen MR) is 182 cm³/mol. The lowest BCUT2D eigenvalue weighted by atomic mass is 9.53. The first-order chi connectivity index (χ1) is 21.9. The lowest BCUT2D eigenvalue weighted by molar-refractivity contribution is -0.145. The van der Waals surface area contributed by atoms with Crippen LogP contribution in [0.2, 0.25) is 0 Å². The summed E-state index contributed by atoms with van der Waals surface area (Å²) in [4.78, 5) is 24.9. The van der Waals surface area contributed by atoms with Gasteiger partial charge in [0.05, 0.1) is 0 Å². The first-order valence-electron chi connectivity index (χ1n) is 18.9. The Morgan fingerprint density at radius 2 is 1.51 bits per heavy atom. The highest BCUT2D eigenvalue weighted by atomic mass is 16.8. The van der Waals surface area contributed by atoms with Gasteiger partial charge in [-0.25, -0.2) is 4.79 Å². The van der Waals surface area contributed by atoms with E-state index in [2.05, 4.69) is 24.4 Å². The maximum atomic E-state index is 12.5. The molecule has 1 saturated carbocycles. The summed E-state index contributed by atoms with van der Waals surface area (Å²) in [7, 11) is 0. The molecule has 0 spiro atoms. The molecule has 0 radical (unpaired) electrons. The highest BCUT2D eigenvalue weighted by Gasteiger charge is 2.51. The average Bonchev–Trinajstić information content (AvgIpc) is 3.02. The van der Waals surface area contributed by atoms with Gasteiger partial charge in [-0.3, -0.25) is 4.79 Å². The zero-order chi connectivity index (χ0) is 31.9. The second-order valence-electron chi connectivity index (χ2n) is 14.6. The highest BCUT2D eigenvalue weighted by Crippen LogP contribution is 2.54. The Morgan fingerprint density at radius 1 is 0.867 bits per heavy atom. The summed E-state index contributed by atoms with van der Waals surface area (Å²) in [6, 6.07) is 6.99. The molecule has 1 unspecified atom stereocenters. The summed E-state index contributed by atoms with van der Waals surface area (Å²) in [5.74, 6) is 0.794. The van der Waals surface area contributed by atoms with Gasteiger partial charge in [0.2, 0.25) is 6.29 Å². The number of carbonyl (C=O) groups is 2. The van der Waals surface area contributed by atoms with E-state index in [0.29, 0.717) is 12.0 Å². The maximum absolute atomic E-state index is 12.5. The van der Waals surface area contributed by atoms with Crippen molar-refractivity contribution in [2.75, 3.05) is 6.54 Å². The molecule has 1 aliphatic heterocycles. The summed E-state index contributed by atoms with van der Waals surface area (Å²) in [5, 5.41) is 3.79. The average molecular weight is 626 g/mol. The topological polar surface area (TPSA) is 73.9 Å². The van der Waals surface area contributed by atoms with Crippen molar-refractivity contribution in [1.82, 2.24) is 5.32 Å². The number of benzene rings is 1. The third kappa shape index (κ3) is 10.7. The van der Waals surface area contributed by atoms with Crippen molar-refractivity contribution >= 4 is 12.1 Å². The molecular formula is C39H63NO5. The predicted octanol–water partition coefficient (Wildman–Crippen LogP) is 10.3. The number of hydrogen-bond acceptors (Lipinski definition) is 6. The van der Waals surface area contributed by atoms with Crippen LogP contribution in [0.5, 0.6) is 5.75 Å². The van der Waals surface area contributed by atoms with E-state index in [1.807, 2.05) is 19.9 Å². The minimum Gasteiger partial charge on any atom is -0.454 e. The van der Waals surface area contributed by atoms with Crippen molar-refractivity contribution in [1.29, 1.82) is 0 Å². The molecule has 1 aromatic rings. The van der Waals surface area contributed by atoms with Gasteiger partial charge in [-0.05, 0) is 67.8 Å². The van der Waals surface area contributed by atoms with Crippen LogP contribution in [0, 0.1) is 11.8 Å². The fourth-order valence-electron chi connectivity index (χ4n) is 8.31. The monoisotopic (exact) mass is 625 g/mol. The van der Waals surface area contributed by atoms with Gasteiger partial charge in [-0.2, -0.15) is 0 Å². The molecule has 2 fully saturated rings. The molecular weight excluding hydrogens is 562 g/mol. The van der Waals surface area contributed by atoms with Gasteiger partial charge in [-0.15, -0.1) is 0 Å². The molecule has 0 amide bonds. The molecule has 1 N–H and O–H groups in total. The standard InChI is InChI=1S/C39H63NO5/c1-4-5-6-7-8-9-10-11-12-13-14-15-16-17-18-22-36(41)44-38(42)45-37(30(2)3)43-32-24-23-31-28-35-33-21-19-20-25-39(33,26-27-40-35)34(31)29-32/h23-24,29-30,33,35,37,40H,4-22,25-28H2,1-3H3/t33-,35+,37?,39+/m0/s1. The Hall–Kier alpha value is -2.08. The molecule has 254 valence electrons. The summed E-state index contributed by atoms with van der Waals surface area (Å²) in [6.45, 7) is 7.23. The maximum Gasteiger partial charge on any atom is 0.519 e. The van der Waals surface area contributed by atoms with Crippen molar-refractivity contribution in [3.63, 3.8) is 0 Å². The molecule has 4 atom stereocenters. The molecule has 0 aromatic heterocycles. The van der Waals surface area contributed by atoms with Gasteiger partial charge in [0, 0.05) is 23.8 Å². The zero-order valence-corrected chi connectivity index (χ0v) is 28.8. The number of ether oxygens (including phenoxy) is 3. The molecule has 1 aromatic carbocycles. The van der Waals surface area contributed by atoms with Crippen LogP contribution in [0.3, 0.4) is 0 Å². The van der Waals surface area contributed by atoms with Crippen LogP contribution >= 0.6 is 0 Å². The van der Waals surface area contributed by atoms with Crippen LogP contribution in [0.4, 0.5) is 4.79 Å². The van der Waals surface area contributed by atoms with E-state index in [4.69, 9.17) is 14.2 Å². The van der Waals surface area contributed by atoms with E-state index in [-0.39, 0.29) is 17.8 Å². The SMILES string of the molecule is CCCCCCCCCCCCCCCCCC(=O)OC(=O)OC(Oc1ccc2c(c1)[C@@]13CCCC[C@H]1[C@@H](C2)NCC3)C(C)C. The van der Waals surface area contributed by atoms with Crippen molar-refractivity contribution in [3.05, 3.63) is 29.3 Å². The molecule has 45 heavy (non-hydrogen) atoms. The first kappa shape index (κ1) is 35.8. The Bertz CT molecular complexity index is 1040. The number of piperidine rings is 1. The Balaban J connectivity index is 1.10. The summed E-state index contributed by atoms with van der Waals surface area (Å²) in [5.41, 5.74) is 3.09. The minimum atomic E-state index is -0.968. The first-order valence-corrected chi connectivity index (χ1v) is 18.9. The fraction of sp³-hybridized carbons (Fsp3) is 0.795. The van der Waals surface area contributed by atoms with Crippen LogP contribution in [0.15, 0.2) is 18.2 Å². The van der Waals surface area contributed by atoms with Crippen molar-refractivity contribution in [2.24, 2.45) is 11.8 Å². The number of nitrogens with one attached hydrogen (secondary N) is 1. The zero-order valence-electron chi connectivity index (χ0n) is 28.8. The van der Waals surface area contributed by atoms with Crippen LogP contribution in [0.25, 0.3) is 0 Å². The van der Waals surface area contributed by atoms with Gasteiger partial charge in [0.1, 0.15) is 5.75 Å². The van der Waals surface area contributed by atoms with E-state index in [0.717, 1.165) is 38.0 Å². The molecule has 6 heteroatoms. The Labute approximate surface area is 274 Å². The quantitative estimate of drug-likeness (QED) is 0.0673. The molecule has 4 rings (SSSR count). The number of rotatable bonds is 20. The summed E-state index contributed by atoms with van der Waals surface area (Å²) >= 11 is 0. The Morgan fingerprint density at radius 3 is 2.16 bits per heavy atom. The number of fused-ring (bicyclic) bond motifs is 1. The second-order valence-corrected chi connectivity index (χ2v) is 14.6. The van der Waals surface area contributed by atoms with Crippen LogP contribution in [0.1, 0.15) is 167 Å². The Kier molecular flexibility index (Phi) is 15.0. The lowest BCUT2D eigenvalue weighted by Gasteiger charge is -2.56. The van der Waals surface area contributed by atoms with Gasteiger partial charge >= 0.3 is 12.1 Å². The van der Waals surface area contributed by atoms with Gasteiger partial charge in [-0.1, -0.05) is 130 Å². The van der Waals surface area contributed by atoms with Crippen LogP contribution < -0.4 is 10.1 Å². The van der Waals surface area contributed by atoms with E-state index in [9.17, 15) is 9.59 Å². The fourth-order valence-corrected chi connectivity index (χ4v) is 8.31. The van der Waals surface area contributed by atoms with Crippen LogP contribution in [-0.2, 0) is 26.1 Å². The largest absolute Gasteiger partial charge is 0.519 e. The van der Waals surface area contributed by atoms with E-state index in [1.54, 1.807) is 0 Å². The minimum absolute atomic E-state index is 0.0944. The number of esters is 1. The van der Waals surface area contributed by atoms with E-state index < -0.39 is 18.4 Å². The molecule has 2 bridgehead atoms. The number of carbonyl (C=O) groups excluding carboxylic acids is 2. The summed E-state index contributed by atoms with van der Waals surface area (Å²) < 4.78 is 16.8. The van der Waals surface area contributed by atoms with Crippen molar-refractivity contribution < 1.29 is 23.8 Å². The van der Waals surface area contributed by atoms with Crippen molar-refractivity contribution in [2.45, 2.75) is 180 Å². The van der Waals surface area contributed by atoms with Gasteiger partial charge in [0.25, 0.3) is 0 Å². The molecule has 3 aliphatic rings. The smallest absolute Gasteiger partial charge is 0.454 e. The van der Waals surface area contributed by atoms with Crippen molar-refractivity contribution in [3.8, 4) is 5.75 Å². The lowest BCUT2D eigenvalue weighted by Crippen LogP contribution is -2.59. The van der Waals surface area contributed by atoms with Gasteiger partial charge < -0.3 is 19.5 Å². The molecule has 1 heterocycles.